The van der Waals surface area contributed by atoms with E-state index in [9.17, 15) is 0 Å². The van der Waals surface area contributed by atoms with E-state index in [1.165, 1.54) is 37.7 Å². The summed E-state index contributed by atoms with van der Waals surface area (Å²) in [4.78, 5) is 8.75. The van der Waals surface area contributed by atoms with E-state index in [1.54, 1.807) is 6.33 Å². The molecular weight excluding hydrogens is 236 g/mol. The van der Waals surface area contributed by atoms with Gasteiger partial charge in [-0.2, -0.15) is 0 Å². The molecule has 1 fully saturated rings. The summed E-state index contributed by atoms with van der Waals surface area (Å²) in [6.07, 6.45) is 9.23. The standard InChI is InChI=1S/C15H26N4/c1-4-12-14(16-3)17-10-18-15(12)19-13-9-7-5-6-8-11(13)2/h10-11,13H,4-9H2,1-3H3,(H2,16,17,18,19). The molecule has 1 aliphatic rings. The first-order valence-corrected chi connectivity index (χ1v) is 7.54. The first kappa shape index (κ1) is 14.1. The minimum atomic E-state index is 0.549. The molecule has 1 aromatic rings. The van der Waals surface area contributed by atoms with Crippen LogP contribution in [0, 0.1) is 5.92 Å². The molecule has 1 saturated carbocycles. The zero-order valence-corrected chi connectivity index (χ0v) is 12.4. The quantitative estimate of drug-likeness (QED) is 0.816. The van der Waals surface area contributed by atoms with E-state index >= 15 is 0 Å². The highest BCUT2D eigenvalue weighted by atomic mass is 15.1. The van der Waals surface area contributed by atoms with E-state index in [0.717, 1.165) is 24.0 Å². The minimum Gasteiger partial charge on any atom is -0.373 e. The molecule has 0 aliphatic heterocycles. The van der Waals surface area contributed by atoms with Gasteiger partial charge in [0.2, 0.25) is 0 Å². The highest BCUT2D eigenvalue weighted by molar-refractivity contribution is 5.57. The molecule has 0 saturated heterocycles. The van der Waals surface area contributed by atoms with Crippen LogP contribution >= 0.6 is 0 Å². The predicted octanol–water partition coefficient (Wildman–Crippen LogP) is 3.46. The lowest BCUT2D eigenvalue weighted by atomic mass is 9.97. The maximum atomic E-state index is 4.46. The van der Waals surface area contributed by atoms with Crippen LogP contribution in [-0.4, -0.2) is 23.1 Å². The topological polar surface area (TPSA) is 49.8 Å². The van der Waals surface area contributed by atoms with Gasteiger partial charge in [-0.3, -0.25) is 0 Å². The molecular formula is C15H26N4. The summed E-state index contributed by atoms with van der Waals surface area (Å²) >= 11 is 0. The van der Waals surface area contributed by atoms with E-state index in [4.69, 9.17) is 0 Å². The molecule has 19 heavy (non-hydrogen) atoms. The van der Waals surface area contributed by atoms with Gasteiger partial charge >= 0.3 is 0 Å². The molecule has 106 valence electrons. The van der Waals surface area contributed by atoms with Crippen LogP contribution < -0.4 is 10.6 Å². The molecule has 0 bridgehead atoms. The van der Waals surface area contributed by atoms with Gasteiger partial charge in [-0.1, -0.05) is 33.1 Å². The summed E-state index contributed by atoms with van der Waals surface area (Å²) < 4.78 is 0. The van der Waals surface area contributed by atoms with E-state index < -0.39 is 0 Å². The van der Waals surface area contributed by atoms with Crippen molar-refractivity contribution in [2.45, 2.75) is 58.4 Å². The molecule has 2 unspecified atom stereocenters. The van der Waals surface area contributed by atoms with Gasteiger partial charge in [0.1, 0.15) is 18.0 Å². The Labute approximate surface area is 116 Å². The maximum absolute atomic E-state index is 4.46. The average Bonchev–Trinajstić information content (AvgIpc) is 2.64. The molecule has 0 aromatic carbocycles. The molecule has 2 N–H and O–H groups in total. The fourth-order valence-corrected chi connectivity index (χ4v) is 2.97. The normalized spacial score (nSPS) is 23.7. The lowest BCUT2D eigenvalue weighted by Gasteiger charge is -2.25. The average molecular weight is 262 g/mol. The van der Waals surface area contributed by atoms with E-state index in [1.807, 2.05) is 7.05 Å². The zero-order chi connectivity index (χ0) is 13.7. The Morgan fingerprint density at radius 2 is 1.89 bits per heavy atom. The number of nitrogens with zero attached hydrogens (tertiary/aromatic N) is 2. The van der Waals surface area contributed by atoms with Crippen molar-refractivity contribution < 1.29 is 0 Å². The maximum Gasteiger partial charge on any atom is 0.134 e. The predicted molar refractivity (Wildman–Crippen MR) is 80.6 cm³/mol. The number of hydrogen-bond donors (Lipinski definition) is 2. The van der Waals surface area contributed by atoms with Crippen molar-refractivity contribution in [3.8, 4) is 0 Å². The van der Waals surface area contributed by atoms with Crippen LogP contribution in [0.15, 0.2) is 6.33 Å². The summed E-state index contributed by atoms with van der Waals surface area (Å²) in [7, 11) is 1.92. The Kier molecular flexibility index (Phi) is 5.00. The van der Waals surface area contributed by atoms with Gasteiger partial charge < -0.3 is 10.6 Å². The summed E-state index contributed by atoms with van der Waals surface area (Å²) in [5.74, 6) is 2.68. The van der Waals surface area contributed by atoms with Gasteiger partial charge in [-0.25, -0.2) is 9.97 Å². The van der Waals surface area contributed by atoms with Gasteiger partial charge in [-0.15, -0.1) is 0 Å². The van der Waals surface area contributed by atoms with Gasteiger partial charge in [0.15, 0.2) is 0 Å². The van der Waals surface area contributed by atoms with Crippen LogP contribution in [0.5, 0.6) is 0 Å². The number of nitrogens with one attached hydrogen (secondary N) is 2. The van der Waals surface area contributed by atoms with Gasteiger partial charge in [0.25, 0.3) is 0 Å². The van der Waals surface area contributed by atoms with Gasteiger partial charge in [-0.05, 0) is 25.2 Å². The second-order valence-corrected chi connectivity index (χ2v) is 5.52. The fourth-order valence-electron chi connectivity index (χ4n) is 2.97. The number of hydrogen-bond acceptors (Lipinski definition) is 4. The van der Waals surface area contributed by atoms with Crippen LogP contribution in [-0.2, 0) is 6.42 Å². The van der Waals surface area contributed by atoms with Crippen molar-refractivity contribution in [3.63, 3.8) is 0 Å². The molecule has 0 amide bonds. The van der Waals surface area contributed by atoms with Crippen molar-refractivity contribution in [2.24, 2.45) is 5.92 Å². The lowest BCUT2D eigenvalue weighted by Crippen LogP contribution is -2.27. The van der Waals surface area contributed by atoms with Crippen molar-refractivity contribution in [3.05, 3.63) is 11.9 Å². The van der Waals surface area contributed by atoms with Crippen LogP contribution in [0.3, 0.4) is 0 Å². The van der Waals surface area contributed by atoms with E-state index in [0.29, 0.717) is 6.04 Å². The van der Waals surface area contributed by atoms with Crippen LogP contribution in [0.25, 0.3) is 0 Å². The molecule has 4 nitrogen and oxygen atoms in total. The highest BCUT2D eigenvalue weighted by Crippen LogP contribution is 2.28. The second-order valence-electron chi connectivity index (χ2n) is 5.52. The Morgan fingerprint density at radius 3 is 2.63 bits per heavy atom. The summed E-state index contributed by atoms with van der Waals surface area (Å²) in [5, 5.41) is 6.83. The minimum absolute atomic E-state index is 0.549. The van der Waals surface area contributed by atoms with Crippen LogP contribution in [0.1, 0.15) is 51.5 Å². The molecule has 2 atom stereocenters. The molecule has 1 aromatic heterocycles. The fraction of sp³-hybridized carbons (Fsp3) is 0.733. The monoisotopic (exact) mass is 262 g/mol. The Balaban J connectivity index is 2.17. The smallest absolute Gasteiger partial charge is 0.134 e. The van der Waals surface area contributed by atoms with Crippen LogP contribution in [0.2, 0.25) is 0 Å². The third kappa shape index (κ3) is 3.37. The van der Waals surface area contributed by atoms with Crippen molar-refractivity contribution in [1.29, 1.82) is 0 Å². The third-order valence-corrected chi connectivity index (χ3v) is 4.22. The highest BCUT2D eigenvalue weighted by Gasteiger charge is 2.21. The molecule has 0 radical (unpaired) electrons. The lowest BCUT2D eigenvalue weighted by molar-refractivity contribution is 0.455. The summed E-state index contributed by atoms with van der Waals surface area (Å²) in [6.45, 7) is 4.51. The van der Waals surface area contributed by atoms with Gasteiger partial charge in [0.05, 0.1) is 0 Å². The number of rotatable bonds is 4. The summed E-state index contributed by atoms with van der Waals surface area (Å²) in [5.41, 5.74) is 1.20. The second kappa shape index (κ2) is 6.73. The van der Waals surface area contributed by atoms with Crippen molar-refractivity contribution in [2.75, 3.05) is 17.7 Å². The molecule has 1 aliphatic carbocycles. The largest absolute Gasteiger partial charge is 0.373 e. The number of aromatic nitrogens is 2. The molecule has 0 spiro atoms. The summed E-state index contributed by atoms with van der Waals surface area (Å²) in [6, 6.07) is 0.549. The SMILES string of the molecule is CCc1c(NC)ncnc1NC1CCCCCC1C. The Morgan fingerprint density at radius 1 is 1.16 bits per heavy atom. The van der Waals surface area contributed by atoms with E-state index in [-0.39, 0.29) is 0 Å². The third-order valence-electron chi connectivity index (χ3n) is 4.22. The Hall–Kier alpha value is -1.32. The van der Waals surface area contributed by atoms with Crippen LogP contribution in [0.4, 0.5) is 11.6 Å². The zero-order valence-electron chi connectivity index (χ0n) is 12.4. The van der Waals surface area contributed by atoms with Crippen molar-refractivity contribution >= 4 is 11.6 Å². The first-order chi connectivity index (χ1) is 9.26. The van der Waals surface area contributed by atoms with Crippen molar-refractivity contribution in [1.82, 2.24) is 9.97 Å². The molecule has 4 heteroatoms. The van der Waals surface area contributed by atoms with E-state index in [2.05, 4.69) is 34.4 Å². The van der Waals surface area contributed by atoms with Gasteiger partial charge in [0, 0.05) is 18.7 Å². The molecule has 2 rings (SSSR count). The first-order valence-electron chi connectivity index (χ1n) is 7.54. The molecule has 1 heterocycles. The Bertz CT molecular complexity index is 405. The number of anilines is 2.